The summed E-state index contributed by atoms with van der Waals surface area (Å²) in [5.74, 6) is 2.46. The summed E-state index contributed by atoms with van der Waals surface area (Å²) in [6.45, 7) is 2.03. The van der Waals surface area contributed by atoms with Crippen molar-refractivity contribution in [2.45, 2.75) is 13.3 Å². The molecule has 0 fully saturated rings. The van der Waals surface area contributed by atoms with E-state index < -0.39 is 7.26 Å². The summed E-state index contributed by atoms with van der Waals surface area (Å²) in [4.78, 5) is 4.20. The van der Waals surface area contributed by atoms with Gasteiger partial charge in [0.05, 0.1) is 0 Å². The van der Waals surface area contributed by atoms with E-state index in [4.69, 9.17) is 0 Å². The molecule has 0 spiro atoms. The van der Waals surface area contributed by atoms with Gasteiger partial charge in [-0.3, -0.25) is 0 Å². The van der Waals surface area contributed by atoms with Gasteiger partial charge in [0, 0.05) is 0 Å². The van der Waals surface area contributed by atoms with E-state index in [2.05, 4.69) is 95.8 Å². The zero-order valence-corrected chi connectivity index (χ0v) is 16.2. The van der Waals surface area contributed by atoms with Crippen LogP contribution < -0.4 is 10.6 Å². The van der Waals surface area contributed by atoms with E-state index in [9.17, 15) is 0 Å². The number of aliphatic imine (C=N–C) groups is 1. The van der Waals surface area contributed by atoms with E-state index in [1.807, 2.05) is 26.3 Å². The van der Waals surface area contributed by atoms with E-state index in [0.717, 1.165) is 12.6 Å². The molecule has 0 saturated heterocycles. The molecule has 0 bridgehead atoms. The van der Waals surface area contributed by atoms with Crippen molar-refractivity contribution < 1.29 is 0 Å². The van der Waals surface area contributed by atoms with Crippen LogP contribution >= 0.6 is 7.26 Å². The van der Waals surface area contributed by atoms with Crippen LogP contribution in [-0.2, 0) is 0 Å². The normalized spacial score (nSPS) is 13.5. The predicted molar refractivity (Wildman–Crippen MR) is 117 cm³/mol. The van der Waals surface area contributed by atoms with E-state index >= 15 is 0 Å². The Morgan fingerprint density at radius 2 is 1.36 bits per heavy atom. The predicted octanol–water partition coefficient (Wildman–Crippen LogP) is 5.12. The Labute approximate surface area is 152 Å². The van der Waals surface area contributed by atoms with Gasteiger partial charge in [-0.2, -0.15) is 0 Å². The summed E-state index contributed by atoms with van der Waals surface area (Å²) in [5, 5.41) is 2.89. The van der Waals surface area contributed by atoms with Gasteiger partial charge in [-0.05, 0) is 0 Å². The molecule has 2 rings (SSSR count). The first kappa shape index (κ1) is 19.1. The third kappa shape index (κ3) is 5.37. The van der Waals surface area contributed by atoms with E-state index in [1.165, 1.54) is 10.6 Å². The van der Waals surface area contributed by atoms with Crippen molar-refractivity contribution in [3.05, 3.63) is 96.9 Å². The first-order valence-corrected chi connectivity index (χ1v) is 11.1. The molecule has 0 aliphatic heterocycles. The van der Waals surface area contributed by atoms with Gasteiger partial charge in [-0.1, -0.05) is 0 Å². The summed E-state index contributed by atoms with van der Waals surface area (Å²) in [5.41, 5.74) is 0. The van der Waals surface area contributed by atoms with Crippen molar-refractivity contribution in [1.29, 1.82) is 0 Å². The second kappa shape index (κ2) is 10.6. The number of benzene rings is 2. The van der Waals surface area contributed by atoms with Gasteiger partial charge in [-0.15, -0.1) is 0 Å². The standard InChI is InChI=1S/C23H28NP/c1-3-4-5-6-13-20-25(21-14-19-24-2,22-15-9-7-10-16-22)23-17-11-8-12-18-23/h3-13,15-20,25H,14,21H2,1-2H3/b4-3-,6-5-,20-13+,24-19-. The summed E-state index contributed by atoms with van der Waals surface area (Å²) in [7, 11) is -0.141. The molecule has 0 amide bonds. The van der Waals surface area contributed by atoms with Gasteiger partial charge < -0.3 is 0 Å². The molecule has 2 heteroatoms. The van der Waals surface area contributed by atoms with Crippen LogP contribution in [0.1, 0.15) is 13.3 Å². The molecular formula is C23H28NP. The molecule has 25 heavy (non-hydrogen) atoms. The number of rotatable bonds is 8. The Morgan fingerprint density at radius 3 is 1.88 bits per heavy atom. The van der Waals surface area contributed by atoms with Crippen LogP contribution in [0.2, 0.25) is 0 Å². The Bertz CT molecular complexity index is 688. The first-order valence-electron chi connectivity index (χ1n) is 8.82. The quantitative estimate of drug-likeness (QED) is 0.356. The Hall–Kier alpha value is -2.24. The third-order valence-corrected chi connectivity index (χ3v) is 8.90. The Balaban J connectivity index is 2.52. The number of hydrogen-bond acceptors (Lipinski definition) is 1. The van der Waals surface area contributed by atoms with Gasteiger partial charge in [0.1, 0.15) is 0 Å². The van der Waals surface area contributed by atoms with Crippen LogP contribution in [0.3, 0.4) is 0 Å². The molecule has 130 valence electrons. The molecule has 1 nitrogen and oxygen atoms in total. The van der Waals surface area contributed by atoms with E-state index in [1.54, 1.807) is 0 Å². The summed E-state index contributed by atoms with van der Waals surface area (Å²) < 4.78 is 0. The molecule has 0 aromatic heterocycles. The van der Waals surface area contributed by atoms with Gasteiger partial charge in [0.25, 0.3) is 0 Å². The average Bonchev–Trinajstić information content (AvgIpc) is 2.68. The van der Waals surface area contributed by atoms with E-state index in [0.29, 0.717) is 0 Å². The van der Waals surface area contributed by atoms with Gasteiger partial charge in [0.15, 0.2) is 0 Å². The molecule has 0 N–H and O–H groups in total. The molecule has 0 aliphatic rings. The summed E-state index contributed by atoms with van der Waals surface area (Å²) in [6, 6.07) is 21.9. The van der Waals surface area contributed by atoms with Crippen LogP contribution in [0, 0.1) is 0 Å². The molecule has 0 atom stereocenters. The molecule has 2 aromatic carbocycles. The van der Waals surface area contributed by atoms with E-state index in [-0.39, 0.29) is 0 Å². The van der Waals surface area contributed by atoms with Gasteiger partial charge >= 0.3 is 152 Å². The van der Waals surface area contributed by atoms with Crippen LogP contribution in [0.25, 0.3) is 0 Å². The monoisotopic (exact) mass is 349 g/mol. The molecule has 0 unspecified atom stereocenters. The summed E-state index contributed by atoms with van der Waals surface area (Å²) in [6.07, 6.45) is 14.7. The minimum absolute atomic E-state index is 0.995. The molecular weight excluding hydrogens is 321 g/mol. The van der Waals surface area contributed by atoms with Crippen molar-refractivity contribution in [1.82, 2.24) is 0 Å². The van der Waals surface area contributed by atoms with Gasteiger partial charge in [0.2, 0.25) is 0 Å². The molecule has 0 heterocycles. The van der Waals surface area contributed by atoms with Gasteiger partial charge in [-0.25, -0.2) is 0 Å². The minimum atomic E-state index is -1.99. The van der Waals surface area contributed by atoms with Crippen molar-refractivity contribution in [2.24, 2.45) is 4.99 Å². The fraction of sp³-hybridized carbons (Fsp3) is 0.174. The molecule has 0 saturated carbocycles. The van der Waals surface area contributed by atoms with Crippen molar-refractivity contribution >= 4 is 24.1 Å². The SMILES string of the molecule is C\C=C/C=C\C=C\[PH](CC/C=N\C)(c1ccccc1)c1ccccc1. The fourth-order valence-corrected chi connectivity index (χ4v) is 7.14. The average molecular weight is 349 g/mol. The molecule has 2 aromatic rings. The Morgan fingerprint density at radius 1 is 0.800 bits per heavy atom. The maximum absolute atomic E-state index is 4.20. The van der Waals surface area contributed by atoms with Crippen LogP contribution in [-0.4, -0.2) is 19.4 Å². The van der Waals surface area contributed by atoms with Crippen LogP contribution in [0.15, 0.2) is 102 Å². The van der Waals surface area contributed by atoms with Crippen molar-refractivity contribution in [2.75, 3.05) is 13.2 Å². The van der Waals surface area contributed by atoms with Crippen LogP contribution in [0.4, 0.5) is 0 Å². The third-order valence-electron chi connectivity index (χ3n) is 4.33. The summed E-state index contributed by atoms with van der Waals surface area (Å²) >= 11 is 0. The molecule has 0 aliphatic carbocycles. The molecule has 0 radical (unpaired) electrons. The topological polar surface area (TPSA) is 12.4 Å². The first-order chi connectivity index (χ1) is 12.3. The van der Waals surface area contributed by atoms with Crippen LogP contribution in [0.5, 0.6) is 0 Å². The number of allylic oxidation sites excluding steroid dienone is 5. The maximum atomic E-state index is 4.20. The van der Waals surface area contributed by atoms with Crippen molar-refractivity contribution in [3.63, 3.8) is 0 Å². The Kier molecular flexibility index (Phi) is 8.09. The fourth-order valence-electron chi connectivity index (χ4n) is 3.08. The zero-order valence-electron chi connectivity index (χ0n) is 15.2. The second-order valence-electron chi connectivity index (χ2n) is 5.95. The number of nitrogens with zero attached hydrogens (tertiary/aromatic N) is 1. The zero-order chi connectivity index (χ0) is 17.8. The second-order valence-corrected chi connectivity index (χ2v) is 9.88. The van der Waals surface area contributed by atoms with Crippen molar-refractivity contribution in [3.8, 4) is 0 Å². The number of hydrogen-bond donors (Lipinski definition) is 0.